The van der Waals surface area contributed by atoms with Crippen LogP contribution >= 0.6 is 11.6 Å². The monoisotopic (exact) mass is 407 g/mol. The van der Waals surface area contributed by atoms with E-state index in [9.17, 15) is 9.59 Å². The van der Waals surface area contributed by atoms with E-state index in [1.54, 1.807) is 36.2 Å². The van der Waals surface area contributed by atoms with Crippen molar-refractivity contribution < 1.29 is 9.59 Å². The summed E-state index contributed by atoms with van der Waals surface area (Å²) in [4.78, 5) is 26.1. The van der Waals surface area contributed by atoms with Gasteiger partial charge < -0.3 is 15.5 Å². The van der Waals surface area contributed by atoms with Gasteiger partial charge in [0, 0.05) is 30.0 Å². The quantitative estimate of drug-likeness (QED) is 0.612. The summed E-state index contributed by atoms with van der Waals surface area (Å²) in [7, 11) is 1.76. The molecule has 0 unspecified atom stereocenters. The van der Waals surface area contributed by atoms with Gasteiger partial charge in [-0.3, -0.25) is 4.79 Å². The number of nitrogens with zero attached hydrogens (tertiary/aromatic N) is 1. The van der Waals surface area contributed by atoms with Crippen molar-refractivity contribution in [1.29, 1.82) is 0 Å². The number of likely N-dealkylation sites (N-methyl/N-ethyl adjacent to an activating group) is 1. The van der Waals surface area contributed by atoms with Gasteiger partial charge in [0.1, 0.15) is 0 Å². The van der Waals surface area contributed by atoms with Gasteiger partial charge in [-0.2, -0.15) is 0 Å². The normalized spacial score (nSPS) is 10.3. The molecule has 0 saturated heterocycles. The lowest BCUT2D eigenvalue weighted by molar-refractivity contribution is -0.117. The molecule has 0 fully saturated rings. The van der Waals surface area contributed by atoms with Crippen molar-refractivity contribution in [1.82, 2.24) is 5.32 Å². The Labute approximate surface area is 175 Å². The van der Waals surface area contributed by atoms with E-state index in [2.05, 4.69) is 10.6 Å². The highest BCUT2D eigenvalue weighted by Gasteiger charge is 2.11. The number of rotatable bonds is 6. The van der Waals surface area contributed by atoms with Crippen molar-refractivity contribution in [3.63, 3.8) is 0 Å². The number of carbonyl (C=O) groups excluding carboxylic acids is 2. The average Bonchev–Trinajstić information content (AvgIpc) is 2.75. The summed E-state index contributed by atoms with van der Waals surface area (Å²) in [6.45, 7) is 0.404. The predicted molar refractivity (Wildman–Crippen MR) is 117 cm³/mol. The van der Waals surface area contributed by atoms with Gasteiger partial charge in [0.25, 0.3) is 0 Å². The zero-order valence-corrected chi connectivity index (χ0v) is 16.8. The molecule has 0 aromatic heterocycles. The summed E-state index contributed by atoms with van der Waals surface area (Å²) >= 11 is 5.85. The van der Waals surface area contributed by atoms with E-state index in [4.69, 9.17) is 11.6 Å². The van der Waals surface area contributed by atoms with Crippen LogP contribution in [0.2, 0.25) is 5.02 Å². The summed E-state index contributed by atoms with van der Waals surface area (Å²) in [5, 5.41) is 6.23. The van der Waals surface area contributed by atoms with Crippen LogP contribution in [0.5, 0.6) is 0 Å². The van der Waals surface area contributed by atoms with E-state index < -0.39 is 0 Å². The van der Waals surface area contributed by atoms with E-state index in [0.717, 1.165) is 16.8 Å². The van der Waals surface area contributed by atoms with Crippen molar-refractivity contribution in [2.75, 3.05) is 17.3 Å². The molecule has 0 saturated carbocycles. The van der Waals surface area contributed by atoms with Gasteiger partial charge in [-0.25, -0.2) is 4.79 Å². The Kier molecular flexibility index (Phi) is 6.87. The molecule has 29 heavy (non-hydrogen) atoms. The highest BCUT2D eigenvalue weighted by molar-refractivity contribution is 6.30. The molecule has 0 aliphatic heterocycles. The van der Waals surface area contributed by atoms with Crippen LogP contribution in [-0.2, 0) is 17.8 Å². The van der Waals surface area contributed by atoms with Crippen molar-refractivity contribution >= 4 is 34.9 Å². The number of urea groups is 1. The molecular formula is C23H22ClN3O2. The third-order valence-corrected chi connectivity index (χ3v) is 4.70. The van der Waals surface area contributed by atoms with E-state index in [1.807, 2.05) is 54.6 Å². The first kappa shape index (κ1) is 20.4. The number of nitrogens with one attached hydrogen (secondary N) is 2. The summed E-state index contributed by atoms with van der Waals surface area (Å²) in [6, 6.07) is 23.7. The van der Waals surface area contributed by atoms with Crippen molar-refractivity contribution in [3.8, 4) is 0 Å². The first-order valence-electron chi connectivity index (χ1n) is 9.21. The molecule has 0 atom stereocenters. The Morgan fingerprint density at radius 2 is 1.48 bits per heavy atom. The second kappa shape index (κ2) is 9.75. The first-order chi connectivity index (χ1) is 14.0. The minimum absolute atomic E-state index is 0.00221. The zero-order chi connectivity index (χ0) is 20.6. The van der Waals surface area contributed by atoms with Crippen molar-refractivity contribution in [2.45, 2.75) is 13.0 Å². The zero-order valence-electron chi connectivity index (χ0n) is 16.1. The van der Waals surface area contributed by atoms with Gasteiger partial charge in [0.05, 0.1) is 6.42 Å². The number of halogens is 1. The fourth-order valence-electron chi connectivity index (χ4n) is 2.75. The minimum Gasteiger partial charge on any atom is -0.334 e. The van der Waals surface area contributed by atoms with E-state index >= 15 is 0 Å². The maximum absolute atomic E-state index is 12.5. The number of hydrogen-bond donors (Lipinski definition) is 2. The van der Waals surface area contributed by atoms with Gasteiger partial charge in [-0.05, 0) is 47.5 Å². The molecule has 3 amide bonds. The Hall–Kier alpha value is -3.31. The molecule has 0 radical (unpaired) electrons. The number of benzene rings is 3. The molecule has 5 nitrogen and oxygen atoms in total. The molecule has 2 N–H and O–H groups in total. The maximum Gasteiger partial charge on any atom is 0.319 e. The van der Waals surface area contributed by atoms with Gasteiger partial charge in [-0.15, -0.1) is 0 Å². The molecule has 3 aromatic rings. The van der Waals surface area contributed by atoms with Crippen LogP contribution in [-0.4, -0.2) is 19.0 Å². The minimum atomic E-state index is -0.299. The molecule has 0 aliphatic rings. The molecule has 148 valence electrons. The Bertz CT molecular complexity index is 958. The van der Waals surface area contributed by atoms with E-state index in [-0.39, 0.29) is 18.4 Å². The van der Waals surface area contributed by atoms with Crippen LogP contribution in [0.25, 0.3) is 0 Å². The first-order valence-corrected chi connectivity index (χ1v) is 9.59. The van der Waals surface area contributed by atoms with Crippen LogP contribution in [0, 0.1) is 0 Å². The Balaban J connectivity index is 1.49. The lowest BCUT2D eigenvalue weighted by atomic mass is 10.1. The highest BCUT2D eigenvalue weighted by atomic mass is 35.5. The molecule has 6 heteroatoms. The predicted octanol–water partition coefficient (Wildman–Crippen LogP) is 4.87. The van der Waals surface area contributed by atoms with Crippen LogP contribution in [0.3, 0.4) is 0 Å². The van der Waals surface area contributed by atoms with Crippen LogP contribution < -0.4 is 15.5 Å². The topological polar surface area (TPSA) is 61.4 Å². The summed E-state index contributed by atoms with van der Waals surface area (Å²) in [5.74, 6) is -0.00221. The fraction of sp³-hybridized carbons (Fsp3) is 0.130. The molecule has 0 bridgehead atoms. The fourth-order valence-corrected chi connectivity index (χ4v) is 2.88. The second-order valence-electron chi connectivity index (χ2n) is 6.60. The number of hydrogen-bond acceptors (Lipinski definition) is 2. The highest BCUT2D eigenvalue weighted by Crippen LogP contribution is 2.15. The number of anilines is 2. The van der Waals surface area contributed by atoms with Gasteiger partial charge in [-0.1, -0.05) is 54.1 Å². The number of carbonyl (C=O) groups is 2. The Morgan fingerprint density at radius 3 is 2.14 bits per heavy atom. The van der Waals surface area contributed by atoms with E-state index in [1.165, 1.54) is 0 Å². The number of amides is 3. The Morgan fingerprint density at radius 1 is 0.862 bits per heavy atom. The number of para-hydroxylation sites is 1. The largest absolute Gasteiger partial charge is 0.334 e. The van der Waals surface area contributed by atoms with Crippen LogP contribution in [0.15, 0.2) is 78.9 Å². The van der Waals surface area contributed by atoms with Crippen molar-refractivity contribution in [3.05, 3.63) is 95.0 Å². The van der Waals surface area contributed by atoms with Crippen LogP contribution in [0.1, 0.15) is 11.1 Å². The lowest BCUT2D eigenvalue weighted by Gasteiger charge is -2.17. The second-order valence-corrected chi connectivity index (χ2v) is 7.03. The maximum atomic E-state index is 12.5. The summed E-state index contributed by atoms with van der Waals surface area (Å²) < 4.78 is 0. The van der Waals surface area contributed by atoms with Gasteiger partial charge >= 0.3 is 6.03 Å². The molecule has 0 heterocycles. The van der Waals surface area contributed by atoms with Gasteiger partial charge in [0.2, 0.25) is 5.91 Å². The average molecular weight is 408 g/mol. The summed E-state index contributed by atoms with van der Waals surface area (Å²) in [5.41, 5.74) is 3.35. The van der Waals surface area contributed by atoms with E-state index in [0.29, 0.717) is 17.3 Å². The standard InChI is InChI=1S/C23H22ClN3O2/c1-27(21-5-3-2-4-6-21)22(28)15-17-9-13-20(14-10-17)26-23(29)25-16-18-7-11-19(24)12-8-18/h2-14H,15-16H2,1H3,(H2,25,26,29). The van der Waals surface area contributed by atoms with Crippen LogP contribution in [0.4, 0.5) is 16.2 Å². The molecule has 0 aliphatic carbocycles. The molecular weight excluding hydrogens is 386 g/mol. The lowest BCUT2D eigenvalue weighted by Crippen LogP contribution is -2.28. The molecule has 0 spiro atoms. The smallest absolute Gasteiger partial charge is 0.319 e. The molecule has 3 rings (SSSR count). The third kappa shape index (κ3) is 6.09. The third-order valence-electron chi connectivity index (χ3n) is 4.45. The molecule has 3 aromatic carbocycles. The van der Waals surface area contributed by atoms with Crippen molar-refractivity contribution in [2.24, 2.45) is 0 Å². The van der Waals surface area contributed by atoms with Gasteiger partial charge in [0.15, 0.2) is 0 Å². The SMILES string of the molecule is CN(C(=O)Cc1ccc(NC(=O)NCc2ccc(Cl)cc2)cc1)c1ccccc1. The summed E-state index contributed by atoms with van der Waals surface area (Å²) in [6.07, 6.45) is 0.286.